The van der Waals surface area contributed by atoms with Crippen molar-refractivity contribution in [1.82, 2.24) is 15.0 Å². The topological polar surface area (TPSA) is 79.9 Å². The zero-order chi connectivity index (χ0) is 16.2. The molecule has 0 radical (unpaired) electrons. The molecule has 0 unspecified atom stereocenters. The number of carbonyl (C=O) groups excluding carboxylic acids is 1. The van der Waals surface area contributed by atoms with Gasteiger partial charge in [-0.25, -0.2) is 14.8 Å². The molecule has 0 aliphatic heterocycles. The van der Waals surface area contributed by atoms with E-state index < -0.39 is 6.09 Å². The van der Waals surface area contributed by atoms with Gasteiger partial charge in [0.05, 0.1) is 17.3 Å². The van der Waals surface area contributed by atoms with E-state index in [9.17, 15) is 4.79 Å². The molecule has 0 aliphatic carbocycles. The van der Waals surface area contributed by atoms with E-state index in [1.165, 1.54) is 0 Å². The highest BCUT2D eigenvalue weighted by Crippen LogP contribution is 2.28. The molecular formula is C16H15ClN4O2. The maximum absolute atomic E-state index is 11.6. The fourth-order valence-electron chi connectivity index (χ4n) is 2.18. The number of H-pyrrole nitrogens is 1. The number of halogens is 1. The van der Waals surface area contributed by atoms with Crippen LogP contribution >= 0.6 is 11.6 Å². The van der Waals surface area contributed by atoms with Crippen molar-refractivity contribution in [2.45, 2.75) is 13.3 Å². The lowest BCUT2D eigenvalue weighted by Gasteiger charge is -2.06. The zero-order valence-electron chi connectivity index (χ0n) is 12.5. The number of rotatable bonds is 4. The molecule has 2 N–H and O–H groups in total. The van der Waals surface area contributed by atoms with Crippen molar-refractivity contribution in [2.24, 2.45) is 0 Å². The molecule has 0 aliphatic rings. The Bertz CT molecular complexity index is 847. The van der Waals surface area contributed by atoms with E-state index in [1.807, 2.05) is 31.3 Å². The smallest absolute Gasteiger partial charge is 0.412 e. The molecule has 0 saturated heterocycles. The number of amides is 1. The lowest BCUT2D eigenvalue weighted by molar-refractivity contribution is 0.161. The van der Waals surface area contributed by atoms with Gasteiger partial charge < -0.3 is 9.72 Å². The van der Waals surface area contributed by atoms with E-state index in [0.717, 1.165) is 23.0 Å². The van der Waals surface area contributed by atoms with Crippen LogP contribution in [0.25, 0.3) is 22.3 Å². The number of aromatic amines is 1. The van der Waals surface area contributed by atoms with Gasteiger partial charge in [-0.2, -0.15) is 0 Å². The predicted octanol–water partition coefficient (Wildman–Crippen LogP) is 4.24. The lowest BCUT2D eigenvalue weighted by Crippen LogP contribution is -2.15. The Kier molecular flexibility index (Phi) is 4.43. The van der Waals surface area contributed by atoms with Crippen LogP contribution < -0.4 is 5.32 Å². The van der Waals surface area contributed by atoms with Gasteiger partial charge in [0.2, 0.25) is 0 Å². The number of anilines is 1. The van der Waals surface area contributed by atoms with E-state index in [4.69, 9.17) is 16.3 Å². The minimum Gasteiger partial charge on any atom is -0.449 e. The van der Waals surface area contributed by atoms with Crippen LogP contribution in [0.15, 0.2) is 36.7 Å². The van der Waals surface area contributed by atoms with Crippen LogP contribution in [0.2, 0.25) is 5.02 Å². The average molecular weight is 331 g/mol. The van der Waals surface area contributed by atoms with Gasteiger partial charge in [-0.3, -0.25) is 5.32 Å². The number of nitrogens with zero attached hydrogens (tertiary/aromatic N) is 2. The summed E-state index contributed by atoms with van der Waals surface area (Å²) in [6.07, 6.45) is 3.65. The Labute approximate surface area is 137 Å². The summed E-state index contributed by atoms with van der Waals surface area (Å²) in [5, 5.41) is 4.04. The van der Waals surface area contributed by atoms with Crippen LogP contribution in [0, 0.1) is 0 Å². The van der Waals surface area contributed by atoms with E-state index in [0.29, 0.717) is 23.1 Å². The Balaban J connectivity index is 1.89. The second kappa shape index (κ2) is 6.66. The van der Waals surface area contributed by atoms with Crippen LogP contribution in [0.5, 0.6) is 0 Å². The Morgan fingerprint density at radius 3 is 3.13 bits per heavy atom. The number of nitrogens with one attached hydrogen (secondary N) is 2. The van der Waals surface area contributed by atoms with Gasteiger partial charge in [-0.1, -0.05) is 24.6 Å². The molecule has 0 bridgehead atoms. The second-order valence-corrected chi connectivity index (χ2v) is 5.36. The van der Waals surface area contributed by atoms with Crippen molar-refractivity contribution >= 4 is 34.5 Å². The Morgan fingerprint density at radius 1 is 1.43 bits per heavy atom. The SMILES string of the molecule is CCCOC(=O)Nc1cccc(-c2c[nH]c3ncc(Cl)cc23)n1. The average Bonchev–Trinajstić information content (AvgIpc) is 2.96. The van der Waals surface area contributed by atoms with Gasteiger partial charge in [0.25, 0.3) is 0 Å². The number of hydrogen-bond donors (Lipinski definition) is 2. The number of ether oxygens (including phenoxy) is 1. The zero-order valence-corrected chi connectivity index (χ0v) is 13.2. The molecule has 118 valence electrons. The highest BCUT2D eigenvalue weighted by molar-refractivity contribution is 6.31. The van der Waals surface area contributed by atoms with Crippen molar-refractivity contribution in [3.05, 3.63) is 41.7 Å². The summed E-state index contributed by atoms with van der Waals surface area (Å²) in [6, 6.07) is 7.20. The first kappa shape index (κ1) is 15.3. The van der Waals surface area contributed by atoms with E-state index in [2.05, 4.69) is 20.3 Å². The molecule has 3 aromatic rings. The molecule has 6 nitrogen and oxygen atoms in total. The molecule has 0 spiro atoms. The van der Waals surface area contributed by atoms with Gasteiger partial charge in [0.1, 0.15) is 11.5 Å². The fraction of sp³-hybridized carbons (Fsp3) is 0.188. The van der Waals surface area contributed by atoms with E-state index in [1.54, 1.807) is 12.3 Å². The van der Waals surface area contributed by atoms with Crippen LogP contribution in [-0.2, 0) is 4.74 Å². The fourth-order valence-corrected chi connectivity index (χ4v) is 2.34. The largest absolute Gasteiger partial charge is 0.449 e. The highest BCUT2D eigenvalue weighted by atomic mass is 35.5. The molecule has 3 aromatic heterocycles. The summed E-state index contributed by atoms with van der Waals surface area (Å²) >= 11 is 6.01. The monoisotopic (exact) mass is 330 g/mol. The van der Waals surface area contributed by atoms with Crippen molar-refractivity contribution in [3.8, 4) is 11.3 Å². The Morgan fingerprint density at radius 2 is 2.30 bits per heavy atom. The first-order valence-corrected chi connectivity index (χ1v) is 7.59. The van der Waals surface area contributed by atoms with Crippen molar-refractivity contribution in [2.75, 3.05) is 11.9 Å². The first-order valence-electron chi connectivity index (χ1n) is 7.21. The maximum Gasteiger partial charge on any atom is 0.412 e. The molecule has 0 atom stereocenters. The van der Waals surface area contributed by atoms with Crippen LogP contribution in [0.4, 0.5) is 10.6 Å². The van der Waals surface area contributed by atoms with Crippen molar-refractivity contribution in [3.63, 3.8) is 0 Å². The predicted molar refractivity (Wildman–Crippen MR) is 89.6 cm³/mol. The van der Waals surface area contributed by atoms with Crippen molar-refractivity contribution in [1.29, 1.82) is 0 Å². The molecule has 23 heavy (non-hydrogen) atoms. The number of pyridine rings is 2. The van der Waals surface area contributed by atoms with Gasteiger partial charge in [0, 0.05) is 23.3 Å². The molecular weight excluding hydrogens is 316 g/mol. The van der Waals surface area contributed by atoms with Gasteiger partial charge in [0.15, 0.2) is 0 Å². The van der Waals surface area contributed by atoms with Crippen LogP contribution in [0.3, 0.4) is 0 Å². The summed E-state index contributed by atoms with van der Waals surface area (Å²) in [4.78, 5) is 23.4. The summed E-state index contributed by atoms with van der Waals surface area (Å²) in [7, 11) is 0. The van der Waals surface area contributed by atoms with Gasteiger partial charge >= 0.3 is 6.09 Å². The summed E-state index contributed by atoms with van der Waals surface area (Å²) in [5.74, 6) is 0.424. The molecule has 3 heterocycles. The standard InChI is InChI=1S/C16H15ClN4O2/c1-2-6-23-16(22)21-14-5-3-4-13(20-14)12-9-19-15-11(12)7-10(17)8-18-15/h3-5,7-9H,2,6H2,1H3,(H,18,19)(H,20,21,22). The third kappa shape index (κ3) is 3.43. The Hall–Kier alpha value is -2.60. The minimum atomic E-state index is -0.514. The van der Waals surface area contributed by atoms with Crippen molar-refractivity contribution < 1.29 is 9.53 Å². The molecule has 1 amide bonds. The summed E-state index contributed by atoms with van der Waals surface area (Å²) in [6.45, 7) is 2.31. The van der Waals surface area contributed by atoms with E-state index in [-0.39, 0.29) is 0 Å². The molecule has 0 saturated carbocycles. The van der Waals surface area contributed by atoms with Crippen LogP contribution in [-0.4, -0.2) is 27.7 Å². The molecule has 7 heteroatoms. The van der Waals surface area contributed by atoms with Crippen LogP contribution in [0.1, 0.15) is 13.3 Å². The van der Waals surface area contributed by atoms with Gasteiger partial charge in [-0.05, 0) is 24.6 Å². The first-order chi connectivity index (χ1) is 11.2. The number of hydrogen-bond acceptors (Lipinski definition) is 4. The molecule has 3 rings (SSSR count). The second-order valence-electron chi connectivity index (χ2n) is 4.92. The van der Waals surface area contributed by atoms with Gasteiger partial charge in [-0.15, -0.1) is 0 Å². The number of aromatic nitrogens is 3. The van der Waals surface area contributed by atoms with E-state index >= 15 is 0 Å². The highest BCUT2D eigenvalue weighted by Gasteiger charge is 2.10. The molecule has 0 fully saturated rings. The quantitative estimate of drug-likeness (QED) is 0.750. The molecule has 0 aromatic carbocycles. The normalized spacial score (nSPS) is 10.7. The lowest BCUT2D eigenvalue weighted by atomic mass is 10.1. The summed E-state index contributed by atoms with van der Waals surface area (Å²) < 4.78 is 4.99. The third-order valence-corrected chi connectivity index (χ3v) is 3.40. The third-order valence-electron chi connectivity index (χ3n) is 3.19. The number of fused-ring (bicyclic) bond motifs is 1. The minimum absolute atomic E-state index is 0.373. The maximum atomic E-state index is 11.6. The summed E-state index contributed by atoms with van der Waals surface area (Å²) in [5.41, 5.74) is 2.29. The number of carbonyl (C=O) groups is 1.